The molecule has 0 aromatic heterocycles. The number of halogens is 2. The summed E-state index contributed by atoms with van der Waals surface area (Å²) in [6.45, 7) is -0.111. The molecule has 0 saturated heterocycles. The fourth-order valence-electron chi connectivity index (χ4n) is 1.57. The highest BCUT2D eigenvalue weighted by Crippen LogP contribution is 2.40. The van der Waals surface area contributed by atoms with E-state index in [0.717, 1.165) is 0 Å². The molecule has 72 valence electrons. The van der Waals surface area contributed by atoms with E-state index in [2.05, 4.69) is 4.74 Å². The zero-order valence-electron chi connectivity index (χ0n) is 7.26. The third-order valence-electron chi connectivity index (χ3n) is 2.25. The summed E-state index contributed by atoms with van der Waals surface area (Å²) in [5.74, 6) is 0. The molecule has 0 unspecified atom stereocenters. The second kappa shape index (κ2) is 3.03. The van der Waals surface area contributed by atoms with E-state index >= 15 is 0 Å². The van der Waals surface area contributed by atoms with E-state index in [1.165, 1.54) is 12.1 Å². The van der Waals surface area contributed by atoms with Crippen molar-refractivity contribution in [1.29, 1.82) is 5.26 Å². The Bertz CT molecular complexity index is 409. The van der Waals surface area contributed by atoms with Crippen LogP contribution in [0.3, 0.4) is 0 Å². The molecular formula is C10H7F2NO. The van der Waals surface area contributed by atoms with Gasteiger partial charge in [-0.3, -0.25) is 0 Å². The first-order valence-corrected chi connectivity index (χ1v) is 4.15. The maximum atomic E-state index is 13.1. The summed E-state index contributed by atoms with van der Waals surface area (Å²) in [5.41, 5.74) is 0.978. The first-order valence-electron chi connectivity index (χ1n) is 4.15. The second-order valence-electron chi connectivity index (χ2n) is 3.08. The SMILES string of the molecule is N#CCc1cccc2c1COC2(F)F. The predicted octanol–water partition coefficient (Wildman–Crippen LogP) is 2.33. The standard InChI is InChI=1S/C10H7F2NO/c11-10(12)9-3-1-2-7(4-5-13)8(9)6-14-10/h1-3H,4,6H2. The largest absolute Gasteiger partial charge is 0.383 e. The molecule has 0 atom stereocenters. The van der Waals surface area contributed by atoms with Crippen LogP contribution in [0.1, 0.15) is 16.7 Å². The summed E-state index contributed by atoms with van der Waals surface area (Å²) >= 11 is 0. The van der Waals surface area contributed by atoms with Crippen molar-refractivity contribution >= 4 is 0 Å². The van der Waals surface area contributed by atoms with Gasteiger partial charge in [-0.05, 0) is 17.2 Å². The van der Waals surface area contributed by atoms with Gasteiger partial charge in [-0.2, -0.15) is 14.0 Å². The lowest BCUT2D eigenvalue weighted by atomic mass is 10.0. The van der Waals surface area contributed by atoms with E-state index in [1.807, 2.05) is 6.07 Å². The first-order chi connectivity index (χ1) is 6.65. The monoisotopic (exact) mass is 195 g/mol. The van der Waals surface area contributed by atoms with Gasteiger partial charge in [-0.25, -0.2) is 0 Å². The van der Waals surface area contributed by atoms with Crippen LogP contribution >= 0.6 is 0 Å². The van der Waals surface area contributed by atoms with Crippen LogP contribution in [0.15, 0.2) is 18.2 Å². The average Bonchev–Trinajstić information content (AvgIpc) is 2.45. The predicted molar refractivity (Wildman–Crippen MR) is 44.4 cm³/mol. The third kappa shape index (κ3) is 1.26. The van der Waals surface area contributed by atoms with E-state index < -0.39 is 6.11 Å². The second-order valence-corrected chi connectivity index (χ2v) is 3.08. The Morgan fingerprint density at radius 3 is 3.00 bits per heavy atom. The van der Waals surface area contributed by atoms with Gasteiger partial charge in [-0.15, -0.1) is 0 Å². The molecule has 0 amide bonds. The Morgan fingerprint density at radius 1 is 1.50 bits per heavy atom. The number of hydrogen-bond donors (Lipinski definition) is 0. The minimum absolute atomic E-state index is 0.106. The molecular weight excluding hydrogens is 188 g/mol. The van der Waals surface area contributed by atoms with Crippen LogP contribution in [0.4, 0.5) is 8.78 Å². The number of ether oxygens (including phenoxy) is 1. The van der Waals surface area contributed by atoms with Crippen molar-refractivity contribution < 1.29 is 13.5 Å². The van der Waals surface area contributed by atoms with Gasteiger partial charge in [0, 0.05) is 0 Å². The van der Waals surface area contributed by atoms with Crippen LogP contribution in [0.2, 0.25) is 0 Å². The maximum Gasteiger partial charge on any atom is 0.383 e. The van der Waals surface area contributed by atoms with Crippen LogP contribution in [0.25, 0.3) is 0 Å². The molecule has 1 aliphatic rings. The highest BCUT2D eigenvalue weighted by Gasteiger charge is 2.41. The highest BCUT2D eigenvalue weighted by molar-refractivity contribution is 5.40. The number of alkyl halides is 2. The van der Waals surface area contributed by atoms with Crippen molar-refractivity contribution in [3.63, 3.8) is 0 Å². The minimum atomic E-state index is -3.19. The number of rotatable bonds is 1. The van der Waals surface area contributed by atoms with Crippen molar-refractivity contribution in [2.45, 2.75) is 19.1 Å². The average molecular weight is 195 g/mol. The normalized spacial score (nSPS) is 17.5. The molecule has 4 heteroatoms. The summed E-state index contributed by atoms with van der Waals surface area (Å²) in [6, 6.07) is 6.47. The minimum Gasteiger partial charge on any atom is -0.312 e. The zero-order chi connectivity index (χ0) is 10.2. The number of benzene rings is 1. The van der Waals surface area contributed by atoms with Gasteiger partial charge in [0.1, 0.15) is 0 Å². The Kier molecular flexibility index (Phi) is 1.97. The molecule has 2 rings (SSSR count). The quantitative estimate of drug-likeness (QED) is 0.689. The first kappa shape index (κ1) is 9.10. The van der Waals surface area contributed by atoms with Crippen molar-refractivity contribution in [3.8, 4) is 6.07 Å². The Labute approximate surface area is 79.7 Å². The molecule has 0 N–H and O–H groups in total. The lowest BCUT2D eigenvalue weighted by Gasteiger charge is -2.08. The van der Waals surface area contributed by atoms with Gasteiger partial charge in [-0.1, -0.05) is 12.1 Å². The Balaban J connectivity index is 2.51. The molecule has 1 aliphatic heterocycles. The van der Waals surface area contributed by atoms with Crippen molar-refractivity contribution in [2.24, 2.45) is 0 Å². The van der Waals surface area contributed by atoms with Crippen LogP contribution in [0.5, 0.6) is 0 Å². The molecule has 0 spiro atoms. The van der Waals surface area contributed by atoms with Gasteiger partial charge in [0.2, 0.25) is 0 Å². The van der Waals surface area contributed by atoms with Gasteiger partial charge >= 0.3 is 6.11 Å². The smallest absolute Gasteiger partial charge is 0.312 e. The summed E-state index contributed by atoms with van der Waals surface area (Å²) < 4.78 is 30.5. The fourth-order valence-corrected chi connectivity index (χ4v) is 1.57. The lowest BCUT2D eigenvalue weighted by molar-refractivity contribution is -0.239. The Hall–Kier alpha value is -1.47. The lowest BCUT2D eigenvalue weighted by Crippen LogP contribution is -2.10. The summed E-state index contributed by atoms with van der Waals surface area (Å²) in [6.07, 6.45) is -3.05. The molecule has 1 aromatic carbocycles. The maximum absolute atomic E-state index is 13.1. The van der Waals surface area contributed by atoms with Gasteiger partial charge < -0.3 is 4.74 Å². The van der Waals surface area contributed by atoms with E-state index in [4.69, 9.17) is 5.26 Å². The molecule has 2 nitrogen and oxygen atoms in total. The molecule has 1 heterocycles. The zero-order valence-corrected chi connectivity index (χ0v) is 7.26. The van der Waals surface area contributed by atoms with Crippen LogP contribution in [0, 0.1) is 11.3 Å². The topological polar surface area (TPSA) is 33.0 Å². The number of nitriles is 1. The highest BCUT2D eigenvalue weighted by atomic mass is 19.3. The van der Waals surface area contributed by atoms with E-state index in [9.17, 15) is 8.78 Å². The van der Waals surface area contributed by atoms with E-state index in [1.54, 1.807) is 6.07 Å². The summed E-state index contributed by atoms with van der Waals surface area (Å²) in [5, 5.41) is 8.50. The third-order valence-corrected chi connectivity index (χ3v) is 2.25. The molecule has 1 aromatic rings. The van der Waals surface area contributed by atoms with E-state index in [0.29, 0.717) is 11.1 Å². The number of hydrogen-bond acceptors (Lipinski definition) is 2. The number of fused-ring (bicyclic) bond motifs is 1. The molecule has 14 heavy (non-hydrogen) atoms. The van der Waals surface area contributed by atoms with Crippen molar-refractivity contribution in [1.82, 2.24) is 0 Å². The molecule has 0 radical (unpaired) electrons. The Morgan fingerprint density at radius 2 is 2.29 bits per heavy atom. The summed E-state index contributed by atoms with van der Waals surface area (Å²) in [4.78, 5) is 0. The van der Waals surface area contributed by atoms with E-state index in [-0.39, 0.29) is 18.6 Å². The molecule has 0 bridgehead atoms. The van der Waals surface area contributed by atoms with Gasteiger partial charge in [0.25, 0.3) is 0 Å². The van der Waals surface area contributed by atoms with Crippen molar-refractivity contribution in [3.05, 3.63) is 34.9 Å². The van der Waals surface area contributed by atoms with Gasteiger partial charge in [0.15, 0.2) is 0 Å². The van der Waals surface area contributed by atoms with Crippen LogP contribution in [-0.4, -0.2) is 0 Å². The van der Waals surface area contributed by atoms with Crippen LogP contribution < -0.4 is 0 Å². The molecule has 0 saturated carbocycles. The fraction of sp³-hybridized carbons (Fsp3) is 0.300. The van der Waals surface area contributed by atoms with Gasteiger partial charge in [0.05, 0.1) is 24.7 Å². The number of nitrogens with zero attached hydrogens (tertiary/aromatic N) is 1. The molecule has 0 fully saturated rings. The molecule has 0 aliphatic carbocycles. The van der Waals surface area contributed by atoms with Crippen molar-refractivity contribution in [2.75, 3.05) is 0 Å². The summed E-state index contributed by atoms with van der Waals surface area (Å²) in [7, 11) is 0. The van der Waals surface area contributed by atoms with Crippen LogP contribution in [-0.2, 0) is 23.9 Å².